The maximum Gasteiger partial charge on any atom is 0.132 e. The molecule has 21 heavy (non-hydrogen) atoms. The average molecular weight is 304 g/mol. The summed E-state index contributed by atoms with van der Waals surface area (Å²) in [4.78, 5) is 0. The zero-order valence-corrected chi connectivity index (χ0v) is 13.4. The molecule has 0 heterocycles. The maximum absolute atomic E-state index is 6.22. The largest absolute Gasteiger partial charge is 0.457 e. The first-order valence-corrected chi connectivity index (χ1v) is 7.78. The van der Waals surface area contributed by atoms with Gasteiger partial charge in [-0.25, -0.2) is 0 Å². The van der Waals surface area contributed by atoms with Crippen LogP contribution < -0.4 is 10.5 Å². The summed E-state index contributed by atoms with van der Waals surface area (Å²) in [5.41, 5.74) is 7.94. The van der Waals surface area contributed by atoms with E-state index in [1.54, 1.807) is 0 Å². The number of nitrogens with two attached hydrogens (primary N) is 1. The lowest BCUT2D eigenvalue weighted by Gasteiger charge is -2.13. The van der Waals surface area contributed by atoms with Gasteiger partial charge in [-0.2, -0.15) is 0 Å². The zero-order valence-electron chi connectivity index (χ0n) is 12.6. The van der Waals surface area contributed by atoms with Gasteiger partial charge in [-0.3, -0.25) is 0 Å². The van der Waals surface area contributed by atoms with E-state index >= 15 is 0 Å². The summed E-state index contributed by atoms with van der Waals surface area (Å²) < 4.78 is 5.97. The van der Waals surface area contributed by atoms with Gasteiger partial charge in [-0.15, -0.1) is 0 Å². The van der Waals surface area contributed by atoms with Crippen molar-refractivity contribution in [2.24, 2.45) is 5.73 Å². The van der Waals surface area contributed by atoms with E-state index < -0.39 is 0 Å². The van der Waals surface area contributed by atoms with E-state index in [-0.39, 0.29) is 0 Å². The molecule has 0 amide bonds. The second-order valence-electron chi connectivity index (χ2n) is 5.24. The molecule has 2 aromatic carbocycles. The standard InChI is InChI=1S/C18H22ClNO/c1-3-13(2)14-7-9-15(10-8-14)21-18-6-4-5-17(19)16(18)11-12-20/h4-10,13H,3,11-12,20H2,1-2H3. The number of benzene rings is 2. The van der Waals surface area contributed by atoms with Crippen molar-refractivity contribution in [2.45, 2.75) is 32.6 Å². The Morgan fingerprint density at radius 1 is 1.14 bits per heavy atom. The molecular weight excluding hydrogens is 282 g/mol. The van der Waals surface area contributed by atoms with Crippen LogP contribution in [-0.2, 0) is 6.42 Å². The van der Waals surface area contributed by atoms with Gasteiger partial charge in [0.25, 0.3) is 0 Å². The highest BCUT2D eigenvalue weighted by Gasteiger charge is 2.09. The Labute approximate surface area is 131 Å². The van der Waals surface area contributed by atoms with Gasteiger partial charge in [0, 0.05) is 10.6 Å². The minimum absolute atomic E-state index is 0.549. The molecule has 0 aliphatic heterocycles. The summed E-state index contributed by atoms with van der Waals surface area (Å²) in [5, 5.41) is 0.703. The van der Waals surface area contributed by atoms with E-state index in [0.717, 1.165) is 23.5 Å². The van der Waals surface area contributed by atoms with Gasteiger partial charge >= 0.3 is 0 Å². The predicted molar refractivity (Wildman–Crippen MR) is 89.4 cm³/mol. The summed E-state index contributed by atoms with van der Waals surface area (Å²) >= 11 is 6.22. The fraction of sp³-hybridized carbons (Fsp3) is 0.333. The quantitative estimate of drug-likeness (QED) is 0.801. The Kier molecular flexibility index (Phi) is 5.66. The Balaban J connectivity index is 2.20. The average Bonchev–Trinajstić information content (AvgIpc) is 2.51. The van der Waals surface area contributed by atoms with E-state index in [0.29, 0.717) is 23.9 Å². The van der Waals surface area contributed by atoms with Crippen molar-refractivity contribution in [1.29, 1.82) is 0 Å². The van der Waals surface area contributed by atoms with Crippen LogP contribution in [0.3, 0.4) is 0 Å². The summed E-state index contributed by atoms with van der Waals surface area (Å²) in [6.45, 7) is 4.97. The molecule has 2 aromatic rings. The van der Waals surface area contributed by atoms with Crippen LogP contribution in [0.4, 0.5) is 0 Å². The smallest absolute Gasteiger partial charge is 0.132 e. The number of hydrogen-bond donors (Lipinski definition) is 1. The normalized spacial score (nSPS) is 12.2. The highest BCUT2D eigenvalue weighted by molar-refractivity contribution is 6.31. The molecule has 2 rings (SSSR count). The van der Waals surface area contributed by atoms with Gasteiger partial charge in [-0.05, 0) is 55.1 Å². The van der Waals surface area contributed by atoms with E-state index in [1.165, 1.54) is 5.56 Å². The first-order chi connectivity index (χ1) is 10.2. The summed E-state index contributed by atoms with van der Waals surface area (Å²) in [5.74, 6) is 2.17. The van der Waals surface area contributed by atoms with Crippen molar-refractivity contribution in [3.05, 3.63) is 58.6 Å². The molecule has 0 aliphatic rings. The topological polar surface area (TPSA) is 35.2 Å². The van der Waals surface area contributed by atoms with Gasteiger partial charge in [0.05, 0.1) is 0 Å². The molecule has 0 spiro atoms. The van der Waals surface area contributed by atoms with E-state index in [9.17, 15) is 0 Å². The fourth-order valence-corrected chi connectivity index (χ4v) is 2.51. The predicted octanol–water partition coefficient (Wildman–Crippen LogP) is 5.15. The minimum Gasteiger partial charge on any atom is -0.457 e. The lowest BCUT2D eigenvalue weighted by atomic mass is 9.99. The van der Waals surface area contributed by atoms with Crippen LogP contribution in [0.25, 0.3) is 0 Å². The molecule has 3 heteroatoms. The van der Waals surface area contributed by atoms with Crippen LogP contribution in [0.1, 0.15) is 37.3 Å². The first-order valence-electron chi connectivity index (χ1n) is 7.41. The Hall–Kier alpha value is -1.51. The van der Waals surface area contributed by atoms with Gasteiger partial charge in [0.2, 0.25) is 0 Å². The fourth-order valence-electron chi connectivity index (χ4n) is 2.25. The third kappa shape index (κ3) is 3.99. The van der Waals surface area contributed by atoms with Crippen molar-refractivity contribution >= 4 is 11.6 Å². The Bertz CT molecular complexity index is 580. The van der Waals surface area contributed by atoms with Crippen molar-refractivity contribution in [1.82, 2.24) is 0 Å². The van der Waals surface area contributed by atoms with Gasteiger partial charge < -0.3 is 10.5 Å². The molecule has 2 N–H and O–H groups in total. The van der Waals surface area contributed by atoms with Crippen LogP contribution in [0.15, 0.2) is 42.5 Å². The molecule has 1 atom stereocenters. The number of ether oxygens (including phenoxy) is 1. The first kappa shape index (κ1) is 15.9. The molecule has 0 fully saturated rings. The Morgan fingerprint density at radius 3 is 2.48 bits per heavy atom. The highest BCUT2D eigenvalue weighted by atomic mass is 35.5. The van der Waals surface area contributed by atoms with Gasteiger partial charge in [0.1, 0.15) is 11.5 Å². The number of hydrogen-bond acceptors (Lipinski definition) is 2. The maximum atomic E-state index is 6.22. The second kappa shape index (κ2) is 7.48. The van der Waals surface area contributed by atoms with Crippen LogP contribution in [-0.4, -0.2) is 6.54 Å². The zero-order chi connectivity index (χ0) is 15.2. The third-order valence-corrected chi connectivity index (χ3v) is 4.11. The summed E-state index contributed by atoms with van der Waals surface area (Å²) in [6.07, 6.45) is 1.84. The molecule has 0 bridgehead atoms. The van der Waals surface area contributed by atoms with E-state index in [4.69, 9.17) is 22.1 Å². The summed E-state index contributed by atoms with van der Waals surface area (Å²) in [6, 6.07) is 14.0. The molecule has 1 unspecified atom stereocenters. The highest BCUT2D eigenvalue weighted by Crippen LogP contribution is 2.31. The van der Waals surface area contributed by atoms with Crippen molar-refractivity contribution in [3.8, 4) is 11.5 Å². The lowest BCUT2D eigenvalue weighted by Crippen LogP contribution is -2.04. The number of halogens is 1. The molecule has 2 nitrogen and oxygen atoms in total. The molecule has 0 aromatic heterocycles. The van der Waals surface area contributed by atoms with Crippen molar-refractivity contribution < 1.29 is 4.74 Å². The summed E-state index contributed by atoms with van der Waals surface area (Å²) in [7, 11) is 0. The minimum atomic E-state index is 0.549. The molecule has 112 valence electrons. The monoisotopic (exact) mass is 303 g/mol. The molecule has 0 saturated heterocycles. The lowest BCUT2D eigenvalue weighted by molar-refractivity contribution is 0.476. The molecular formula is C18H22ClNO. The van der Waals surface area contributed by atoms with E-state index in [1.807, 2.05) is 30.3 Å². The van der Waals surface area contributed by atoms with Gasteiger partial charge in [-0.1, -0.05) is 43.6 Å². The van der Waals surface area contributed by atoms with Crippen molar-refractivity contribution in [2.75, 3.05) is 6.54 Å². The molecule has 0 radical (unpaired) electrons. The van der Waals surface area contributed by atoms with Gasteiger partial charge in [0.15, 0.2) is 0 Å². The van der Waals surface area contributed by atoms with Crippen LogP contribution in [0.5, 0.6) is 11.5 Å². The SMILES string of the molecule is CCC(C)c1ccc(Oc2cccc(Cl)c2CCN)cc1. The molecule has 0 aliphatic carbocycles. The van der Waals surface area contributed by atoms with E-state index in [2.05, 4.69) is 26.0 Å². The van der Waals surface area contributed by atoms with Crippen LogP contribution in [0, 0.1) is 0 Å². The van der Waals surface area contributed by atoms with Crippen molar-refractivity contribution in [3.63, 3.8) is 0 Å². The van der Waals surface area contributed by atoms with Crippen LogP contribution in [0.2, 0.25) is 5.02 Å². The second-order valence-corrected chi connectivity index (χ2v) is 5.64. The number of rotatable bonds is 6. The molecule has 0 saturated carbocycles. The third-order valence-electron chi connectivity index (χ3n) is 3.76. The Morgan fingerprint density at radius 2 is 1.86 bits per heavy atom. The van der Waals surface area contributed by atoms with Crippen LogP contribution >= 0.6 is 11.6 Å².